The quantitative estimate of drug-likeness (QED) is 0.921. The van der Waals surface area contributed by atoms with Gasteiger partial charge < -0.3 is 10.2 Å². The molecule has 3 aliphatic rings. The number of piperidine rings is 1. The predicted octanol–water partition coefficient (Wildman–Crippen LogP) is 3.29. The van der Waals surface area contributed by atoms with Gasteiger partial charge in [0.15, 0.2) is 0 Å². The van der Waals surface area contributed by atoms with Gasteiger partial charge in [0, 0.05) is 29.9 Å². The van der Waals surface area contributed by atoms with Crippen LogP contribution in [0.25, 0.3) is 0 Å². The number of benzene rings is 1. The molecular formula is C19H25ClN2O. The van der Waals surface area contributed by atoms with Gasteiger partial charge in [-0.2, -0.15) is 0 Å². The first-order chi connectivity index (χ1) is 11.2. The van der Waals surface area contributed by atoms with Crippen LogP contribution in [0.5, 0.6) is 0 Å². The number of rotatable bonds is 3. The fourth-order valence-electron chi connectivity index (χ4n) is 4.40. The zero-order valence-corrected chi connectivity index (χ0v) is 14.3. The summed E-state index contributed by atoms with van der Waals surface area (Å²) < 4.78 is 0. The Hall–Kier alpha value is -1.06. The first-order valence-electron chi connectivity index (χ1n) is 8.97. The zero-order valence-electron chi connectivity index (χ0n) is 13.5. The van der Waals surface area contributed by atoms with Crippen molar-refractivity contribution in [2.45, 2.75) is 31.6 Å². The molecule has 0 bridgehead atoms. The molecule has 1 aliphatic carbocycles. The lowest BCUT2D eigenvalue weighted by Gasteiger charge is -2.27. The lowest BCUT2D eigenvalue weighted by Crippen LogP contribution is -2.40. The molecule has 0 unspecified atom stereocenters. The third kappa shape index (κ3) is 3.27. The van der Waals surface area contributed by atoms with E-state index >= 15 is 0 Å². The minimum atomic E-state index is 0.236. The van der Waals surface area contributed by atoms with E-state index in [2.05, 4.69) is 22.3 Å². The highest BCUT2D eigenvalue weighted by Crippen LogP contribution is 2.48. The van der Waals surface area contributed by atoms with Crippen molar-refractivity contribution in [3.8, 4) is 0 Å². The van der Waals surface area contributed by atoms with E-state index in [1.807, 2.05) is 12.1 Å². The molecule has 3 nitrogen and oxygen atoms in total. The minimum Gasteiger partial charge on any atom is -0.342 e. The zero-order chi connectivity index (χ0) is 15.8. The van der Waals surface area contributed by atoms with Crippen LogP contribution in [0.2, 0.25) is 5.02 Å². The molecule has 0 radical (unpaired) electrons. The standard InChI is InChI=1S/C19H25ClN2O/c20-16-5-3-14(4-6-16)18-12-22(11-17(18)13-1-2-13)19(23)15-7-9-21-10-8-15/h3-6,13,15,17-18,21H,1-2,7-12H2/t17-,18-/m1/s1. The first kappa shape index (κ1) is 15.5. The second-order valence-corrected chi connectivity index (χ2v) is 7.86. The third-order valence-corrected chi connectivity index (χ3v) is 6.14. The van der Waals surface area contributed by atoms with Crippen molar-refractivity contribution < 1.29 is 4.79 Å². The van der Waals surface area contributed by atoms with E-state index in [0.29, 0.717) is 17.7 Å². The Morgan fingerprint density at radius 1 is 1.04 bits per heavy atom. The molecule has 1 aromatic rings. The largest absolute Gasteiger partial charge is 0.342 e. The number of nitrogens with one attached hydrogen (secondary N) is 1. The molecule has 124 valence electrons. The Morgan fingerprint density at radius 2 is 1.74 bits per heavy atom. The van der Waals surface area contributed by atoms with Crippen LogP contribution in [0.3, 0.4) is 0 Å². The van der Waals surface area contributed by atoms with Crippen LogP contribution in [0.1, 0.15) is 37.2 Å². The molecule has 0 spiro atoms. The summed E-state index contributed by atoms with van der Waals surface area (Å²) in [5.41, 5.74) is 1.35. The molecule has 2 aliphatic heterocycles. The highest BCUT2D eigenvalue weighted by molar-refractivity contribution is 6.30. The Bertz CT molecular complexity index is 563. The van der Waals surface area contributed by atoms with Gasteiger partial charge in [0.05, 0.1) is 0 Å². The number of likely N-dealkylation sites (tertiary alicyclic amines) is 1. The fraction of sp³-hybridized carbons (Fsp3) is 0.632. The Balaban J connectivity index is 1.50. The monoisotopic (exact) mass is 332 g/mol. The first-order valence-corrected chi connectivity index (χ1v) is 9.35. The van der Waals surface area contributed by atoms with Crippen molar-refractivity contribution in [2.75, 3.05) is 26.2 Å². The molecule has 1 N–H and O–H groups in total. The van der Waals surface area contributed by atoms with Crippen molar-refractivity contribution in [3.05, 3.63) is 34.9 Å². The maximum Gasteiger partial charge on any atom is 0.225 e. The van der Waals surface area contributed by atoms with Crippen LogP contribution in [-0.4, -0.2) is 37.0 Å². The van der Waals surface area contributed by atoms with E-state index in [-0.39, 0.29) is 5.92 Å². The molecule has 4 heteroatoms. The maximum atomic E-state index is 12.9. The Kier molecular flexibility index (Phi) is 4.33. The predicted molar refractivity (Wildman–Crippen MR) is 92.6 cm³/mol. The van der Waals surface area contributed by atoms with Crippen molar-refractivity contribution in [1.82, 2.24) is 10.2 Å². The van der Waals surface area contributed by atoms with E-state index in [9.17, 15) is 4.79 Å². The van der Waals surface area contributed by atoms with Crippen LogP contribution >= 0.6 is 11.6 Å². The van der Waals surface area contributed by atoms with Crippen LogP contribution in [0.15, 0.2) is 24.3 Å². The van der Waals surface area contributed by atoms with Crippen LogP contribution in [0.4, 0.5) is 0 Å². The maximum absolute atomic E-state index is 12.9. The van der Waals surface area contributed by atoms with E-state index in [0.717, 1.165) is 50.0 Å². The lowest BCUT2D eigenvalue weighted by atomic mass is 9.86. The van der Waals surface area contributed by atoms with Gasteiger partial charge in [-0.15, -0.1) is 0 Å². The minimum absolute atomic E-state index is 0.236. The number of nitrogens with zero attached hydrogens (tertiary/aromatic N) is 1. The molecule has 1 aromatic carbocycles. The topological polar surface area (TPSA) is 32.3 Å². The van der Waals surface area contributed by atoms with Gasteiger partial charge in [0.1, 0.15) is 0 Å². The smallest absolute Gasteiger partial charge is 0.225 e. The van der Waals surface area contributed by atoms with Crippen molar-refractivity contribution in [1.29, 1.82) is 0 Å². The average molecular weight is 333 g/mol. The van der Waals surface area contributed by atoms with Crippen molar-refractivity contribution >= 4 is 17.5 Å². The fourth-order valence-corrected chi connectivity index (χ4v) is 4.53. The number of halogens is 1. The Morgan fingerprint density at radius 3 is 2.39 bits per heavy atom. The van der Waals surface area contributed by atoms with E-state index in [4.69, 9.17) is 11.6 Å². The molecule has 1 amide bonds. The molecule has 1 saturated carbocycles. The van der Waals surface area contributed by atoms with Gasteiger partial charge in [-0.25, -0.2) is 0 Å². The van der Waals surface area contributed by atoms with Crippen LogP contribution < -0.4 is 5.32 Å². The lowest BCUT2D eigenvalue weighted by molar-refractivity contribution is -0.135. The summed E-state index contributed by atoms with van der Waals surface area (Å²) in [5, 5.41) is 4.14. The average Bonchev–Trinajstić information content (AvgIpc) is 3.35. The summed E-state index contributed by atoms with van der Waals surface area (Å²) in [6.07, 6.45) is 4.67. The summed E-state index contributed by atoms with van der Waals surface area (Å²) in [7, 11) is 0. The molecule has 2 atom stereocenters. The molecule has 3 fully saturated rings. The molecule has 4 rings (SSSR count). The van der Waals surface area contributed by atoms with E-state index in [1.54, 1.807) is 0 Å². The third-order valence-electron chi connectivity index (χ3n) is 5.89. The number of hydrogen-bond acceptors (Lipinski definition) is 2. The normalized spacial score (nSPS) is 29.0. The molecular weight excluding hydrogens is 308 g/mol. The van der Waals surface area contributed by atoms with Gasteiger partial charge in [-0.1, -0.05) is 23.7 Å². The van der Waals surface area contributed by atoms with Gasteiger partial charge in [-0.3, -0.25) is 4.79 Å². The summed E-state index contributed by atoms with van der Waals surface area (Å²) in [5.74, 6) is 2.59. The molecule has 2 heterocycles. The number of carbonyl (C=O) groups excluding carboxylic acids is 1. The molecule has 23 heavy (non-hydrogen) atoms. The highest BCUT2D eigenvalue weighted by Gasteiger charge is 2.45. The van der Waals surface area contributed by atoms with E-state index < -0.39 is 0 Å². The van der Waals surface area contributed by atoms with Crippen molar-refractivity contribution in [2.24, 2.45) is 17.8 Å². The summed E-state index contributed by atoms with van der Waals surface area (Å²) in [4.78, 5) is 15.1. The number of carbonyl (C=O) groups is 1. The second-order valence-electron chi connectivity index (χ2n) is 7.43. The summed E-state index contributed by atoms with van der Waals surface area (Å²) in [6.45, 7) is 3.82. The van der Waals surface area contributed by atoms with Gasteiger partial charge in [0.25, 0.3) is 0 Å². The Labute approximate surface area is 143 Å². The van der Waals surface area contributed by atoms with E-state index in [1.165, 1.54) is 18.4 Å². The SMILES string of the molecule is O=C(C1CCNCC1)N1C[C@H](c2ccc(Cl)cc2)[C@@H](C2CC2)C1. The molecule has 2 saturated heterocycles. The highest BCUT2D eigenvalue weighted by atomic mass is 35.5. The molecule has 0 aromatic heterocycles. The van der Waals surface area contributed by atoms with Crippen LogP contribution in [-0.2, 0) is 4.79 Å². The number of hydrogen-bond donors (Lipinski definition) is 1. The van der Waals surface area contributed by atoms with Crippen LogP contribution in [0, 0.1) is 17.8 Å². The van der Waals surface area contributed by atoms with Gasteiger partial charge in [0.2, 0.25) is 5.91 Å². The summed E-state index contributed by atoms with van der Waals surface area (Å²) >= 11 is 6.04. The summed E-state index contributed by atoms with van der Waals surface area (Å²) in [6, 6.07) is 8.28. The second kappa shape index (κ2) is 6.45. The van der Waals surface area contributed by atoms with Gasteiger partial charge >= 0.3 is 0 Å². The number of amides is 1. The van der Waals surface area contributed by atoms with Crippen molar-refractivity contribution in [3.63, 3.8) is 0 Å². The van der Waals surface area contributed by atoms with Gasteiger partial charge in [-0.05, 0) is 68.3 Å².